The van der Waals surface area contributed by atoms with Gasteiger partial charge in [0.2, 0.25) is 5.91 Å². The molecule has 2 unspecified atom stereocenters. The molecule has 0 aromatic carbocycles. The molecule has 6 nitrogen and oxygen atoms in total. The molecule has 3 heterocycles. The van der Waals surface area contributed by atoms with E-state index in [1.807, 2.05) is 44.6 Å². The van der Waals surface area contributed by atoms with Crippen LogP contribution in [0.2, 0.25) is 0 Å². The Kier molecular flexibility index (Phi) is 5.27. The molecular formula is C19H28N4O2. The molecule has 1 saturated heterocycles. The van der Waals surface area contributed by atoms with Gasteiger partial charge < -0.3 is 9.73 Å². The number of aryl methyl sites for hydroxylation is 2. The predicted molar refractivity (Wildman–Crippen MR) is 96.4 cm³/mol. The molecule has 2 atom stereocenters. The summed E-state index contributed by atoms with van der Waals surface area (Å²) in [4.78, 5) is 15.1. The Morgan fingerprint density at radius 2 is 2.08 bits per heavy atom. The smallest absolute Gasteiger partial charge is 0.227 e. The minimum Gasteiger partial charge on any atom is -0.468 e. The summed E-state index contributed by atoms with van der Waals surface area (Å²) in [6, 6.07) is 4.00. The minimum atomic E-state index is -0.218. The van der Waals surface area contributed by atoms with Crippen molar-refractivity contribution >= 4 is 5.91 Å². The lowest BCUT2D eigenvalue weighted by Gasteiger charge is -2.26. The number of carbonyl (C=O) groups is 1. The van der Waals surface area contributed by atoms with E-state index in [0.29, 0.717) is 6.54 Å². The Balaban J connectivity index is 1.69. The lowest BCUT2D eigenvalue weighted by molar-refractivity contribution is -0.122. The van der Waals surface area contributed by atoms with Gasteiger partial charge in [-0.2, -0.15) is 5.10 Å². The lowest BCUT2D eigenvalue weighted by Crippen LogP contribution is -2.38. The van der Waals surface area contributed by atoms with Gasteiger partial charge in [-0.15, -0.1) is 0 Å². The number of aromatic nitrogens is 2. The summed E-state index contributed by atoms with van der Waals surface area (Å²) in [5.74, 6) is 0.739. The topological polar surface area (TPSA) is 63.3 Å². The third-order valence-electron chi connectivity index (χ3n) is 5.31. The van der Waals surface area contributed by atoms with E-state index in [4.69, 9.17) is 4.42 Å². The fourth-order valence-corrected chi connectivity index (χ4v) is 3.84. The molecule has 1 aliphatic rings. The van der Waals surface area contributed by atoms with Crippen LogP contribution in [0.15, 0.2) is 22.8 Å². The maximum atomic E-state index is 12.7. The van der Waals surface area contributed by atoms with Crippen LogP contribution in [-0.4, -0.2) is 40.2 Å². The standard InChI is InChI=1S/C19H28N4O2/c1-13(18-14(2)21-22(4)15(18)3)19(24)20-12-16(17-8-7-11-25-17)23-9-5-6-10-23/h7-8,11,13,16H,5-6,9-10,12H2,1-4H3,(H,20,24). The highest BCUT2D eigenvalue weighted by atomic mass is 16.3. The zero-order valence-electron chi connectivity index (χ0n) is 15.6. The summed E-state index contributed by atoms with van der Waals surface area (Å²) < 4.78 is 7.46. The average Bonchev–Trinajstić information content (AvgIpc) is 3.32. The molecule has 1 N–H and O–H groups in total. The van der Waals surface area contributed by atoms with Gasteiger partial charge in [0.1, 0.15) is 5.76 Å². The zero-order valence-corrected chi connectivity index (χ0v) is 15.6. The summed E-state index contributed by atoms with van der Waals surface area (Å²) >= 11 is 0. The average molecular weight is 344 g/mol. The van der Waals surface area contributed by atoms with Crippen molar-refractivity contribution in [3.05, 3.63) is 41.1 Å². The summed E-state index contributed by atoms with van der Waals surface area (Å²) in [6.07, 6.45) is 4.11. The molecule has 1 aliphatic heterocycles. The Hall–Kier alpha value is -2.08. The van der Waals surface area contributed by atoms with Crippen molar-refractivity contribution in [2.24, 2.45) is 7.05 Å². The molecule has 0 bridgehead atoms. The summed E-state index contributed by atoms with van der Waals surface area (Å²) in [6.45, 7) is 8.59. The first-order chi connectivity index (χ1) is 12.0. The normalized spacial score (nSPS) is 17.6. The van der Waals surface area contributed by atoms with Crippen LogP contribution in [0.1, 0.15) is 54.4 Å². The van der Waals surface area contributed by atoms with E-state index in [9.17, 15) is 4.79 Å². The van der Waals surface area contributed by atoms with Crippen molar-refractivity contribution < 1.29 is 9.21 Å². The predicted octanol–water partition coefficient (Wildman–Crippen LogP) is 2.69. The Labute approximate surface area is 149 Å². The van der Waals surface area contributed by atoms with Crippen molar-refractivity contribution in [3.8, 4) is 0 Å². The monoisotopic (exact) mass is 344 g/mol. The molecule has 136 valence electrons. The molecule has 25 heavy (non-hydrogen) atoms. The number of nitrogens with zero attached hydrogens (tertiary/aromatic N) is 3. The SMILES string of the molecule is Cc1nn(C)c(C)c1C(C)C(=O)NCC(c1ccco1)N1CCCC1. The fraction of sp³-hybridized carbons (Fsp3) is 0.579. The van der Waals surface area contributed by atoms with Crippen molar-refractivity contribution in [1.82, 2.24) is 20.0 Å². The van der Waals surface area contributed by atoms with Crippen LogP contribution in [0.25, 0.3) is 0 Å². The summed E-state index contributed by atoms with van der Waals surface area (Å²) in [5, 5.41) is 7.56. The number of amides is 1. The highest BCUT2D eigenvalue weighted by molar-refractivity contribution is 5.83. The quantitative estimate of drug-likeness (QED) is 0.875. The van der Waals surface area contributed by atoms with Gasteiger partial charge in [0, 0.05) is 24.8 Å². The highest BCUT2D eigenvalue weighted by Crippen LogP contribution is 2.26. The van der Waals surface area contributed by atoms with E-state index in [1.165, 1.54) is 12.8 Å². The van der Waals surface area contributed by atoms with Crippen molar-refractivity contribution in [1.29, 1.82) is 0 Å². The van der Waals surface area contributed by atoms with Crippen LogP contribution >= 0.6 is 0 Å². The van der Waals surface area contributed by atoms with Crippen LogP contribution in [0.5, 0.6) is 0 Å². The molecule has 2 aromatic rings. The van der Waals surface area contributed by atoms with Crippen molar-refractivity contribution in [2.45, 2.75) is 45.6 Å². The molecule has 6 heteroatoms. The van der Waals surface area contributed by atoms with Crippen LogP contribution < -0.4 is 5.32 Å². The Morgan fingerprint density at radius 1 is 1.36 bits per heavy atom. The van der Waals surface area contributed by atoms with Gasteiger partial charge in [0.25, 0.3) is 0 Å². The second-order valence-electron chi connectivity index (χ2n) is 6.95. The number of hydrogen-bond donors (Lipinski definition) is 1. The zero-order chi connectivity index (χ0) is 18.0. The molecule has 3 rings (SSSR count). The van der Waals surface area contributed by atoms with E-state index in [-0.39, 0.29) is 17.9 Å². The van der Waals surface area contributed by atoms with E-state index >= 15 is 0 Å². The van der Waals surface area contributed by atoms with Crippen LogP contribution in [0.3, 0.4) is 0 Å². The summed E-state index contributed by atoms with van der Waals surface area (Å²) in [5.41, 5.74) is 2.99. The summed E-state index contributed by atoms with van der Waals surface area (Å²) in [7, 11) is 1.91. The number of nitrogens with one attached hydrogen (secondary N) is 1. The van der Waals surface area contributed by atoms with Gasteiger partial charge in [-0.05, 0) is 58.8 Å². The first-order valence-electron chi connectivity index (χ1n) is 9.04. The minimum absolute atomic E-state index is 0.0370. The number of furan rings is 1. The maximum absolute atomic E-state index is 12.7. The molecular weight excluding hydrogens is 316 g/mol. The lowest BCUT2D eigenvalue weighted by atomic mass is 9.98. The van der Waals surface area contributed by atoms with Crippen LogP contribution in [0, 0.1) is 13.8 Å². The van der Waals surface area contributed by atoms with Gasteiger partial charge in [0.05, 0.1) is 23.9 Å². The van der Waals surface area contributed by atoms with Gasteiger partial charge in [-0.25, -0.2) is 0 Å². The molecule has 2 aromatic heterocycles. The highest BCUT2D eigenvalue weighted by Gasteiger charge is 2.28. The number of hydrogen-bond acceptors (Lipinski definition) is 4. The largest absolute Gasteiger partial charge is 0.468 e. The third-order valence-corrected chi connectivity index (χ3v) is 5.31. The first kappa shape index (κ1) is 17.7. The Morgan fingerprint density at radius 3 is 2.64 bits per heavy atom. The maximum Gasteiger partial charge on any atom is 0.227 e. The molecule has 0 saturated carbocycles. The second-order valence-corrected chi connectivity index (χ2v) is 6.95. The molecule has 0 radical (unpaired) electrons. The van der Waals surface area contributed by atoms with Crippen LogP contribution in [-0.2, 0) is 11.8 Å². The Bertz CT molecular complexity index is 714. The fourth-order valence-electron chi connectivity index (χ4n) is 3.84. The van der Waals surface area contributed by atoms with E-state index in [0.717, 1.165) is 35.8 Å². The second kappa shape index (κ2) is 7.44. The van der Waals surface area contributed by atoms with E-state index in [2.05, 4.69) is 15.3 Å². The third kappa shape index (κ3) is 3.63. The van der Waals surface area contributed by atoms with E-state index < -0.39 is 0 Å². The number of likely N-dealkylation sites (tertiary alicyclic amines) is 1. The molecule has 0 aliphatic carbocycles. The van der Waals surface area contributed by atoms with Crippen molar-refractivity contribution in [3.63, 3.8) is 0 Å². The molecule has 0 spiro atoms. The van der Waals surface area contributed by atoms with E-state index in [1.54, 1.807) is 6.26 Å². The number of rotatable bonds is 6. The first-order valence-corrected chi connectivity index (χ1v) is 9.04. The molecule has 1 fully saturated rings. The van der Waals surface area contributed by atoms with Crippen LogP contribution in [0.4, 0.5) is 0 Å². The van der Waals surface area contributed by atoms with Gasteiger partial charge in [0.15, 0.2) is 0 Å². The van der Waals surface area contributed by atoms with Gasteiger partial charge >= 0.3 is 0 Å². The van der Waals surface area contributed by atoms with Gasteiger partial charge in [-0.1, -0.05) is 0 Å². The van der Waals surface area contributed by atoms with Gasteiger partial charge in [-0.3, -0.25) is 14.4 Å². The number of carbonyl (C=O) groups excluding carboxylic acids is 1. The molecule has 1 amide bonds. The van der Waals surface area contributed by atoms with Crippen molar-refractivity contribution in [2.75, 3.05) is 19.6 Å².